The third kappa shape index (κ3) is 2.56. The molecule has 2 nitrogen and oxygen atoms in total. The second-order valence-corrected chi connectivity index (χ2v) is 6.20. The summed E-state index contributed by atoms with van der Waals surface area (Å²) in [6.45, 7) is 2.39. The molecule has 3 rings (SSSR count). The molecule has 0 unspecified atom stereocenters. The van der Waals surface area contributed by atoms with E-state index in [9.17, 15) is 5.11 Å². The largest absolute Gasteiger partial charge is 0.393 e. The van der Waals surface area contributed by atoms with Crippen LogP contribution in [-0.2, 0) is 5.54 Å². The van der Waals surface area contributed by atoms with Crippen LogP contribution in [0.3, 0.4) is 0 Å². The standard InChI is InChI=1S/C17H25NO/c19-16-10-7-11-17(14-16,15-8-3-1-4-9-15)18-12-5-2-6-13-18/h1,3-4,8-9,16,19H,2,5-7,10-14H2/t16-,17+/m0/s1. The number of hydrogen-bond donors (Lipinski definition) is 1. The maximum atomic E-state index is 10.2. The molecule has 2 atom stereocenters. The van der Waals surface area contributed by atoms with Gasteiger partial charge < -0.3 is 5.11 Å². The average molecular weight is 259 g/mol. The number of rotatable bonds is 2. The van der Waals surface area contributed by atoms with Crippen molar-refractivity contribution in [1.82, 2.24) is 4.90 Å². The summed E-state index contributed by atoms with van der Waals surface area (Å²) in [6, 6.07) is 10.9. The van der Waals surface area contributed by atoms with Crippen molar-refractivity contribution in [3.63, 3.8) is 0 Å². The van der Waals surface area contributed by atoms with Gasteiger partial charge in [0.05, 0.1) is 6.10 Å². The Bertz CT molecular complexity index is 399. The summed E-state index contributed by atoms with van der Waals surface area (Å²) in [5, 5.41) is 10.2. The molecular weight excluding hydrogens is 234 g/mol. The molecule has 2 aliphatic rings. The number of benzene rings is 1. The predicted octanol–water partition coefficient (Wildman–Crippen LogP) is 3.30. The van der Waals surface area contributed by atoms with Gasteiger partial charge >= 0.3 is 0 Å². The predicted molar refractivity (Wildman–Crippen MR) is 78.0 cm³/mol. The summed E-state index contributed by atoms with van der Waals surface area (Å²) in [4.78, 5) is 2.66. The molecule has 1 saturated carbocycles. The number of hydrogen-bond acceptors (Lipinski definition) is 2. The Labute approximate surface area is 116 Å². The maximum Gasteiger partial charge on any atom is 0.0561 e. The first-order valence-corrected chi connectivity index (χ1v) is 7.80. The monoisotopic (exact) mass is 259 g/mol. The smallest absolute Gasteiger partial charge is 0.0561 e. The van der Waals surface area contributed by atoms with E-state index >= 15 is 0 Å². The van der Waals surface area contributed by atoms with Crippen molar-refractivity contribution in [2.24, 2.45) is 0 Å². The Morgan fingerprint density at radius 3 is 2.42 bits per heavy atom. The number of aliphatic hydroxyl groups excluding tert-OH is 1. The second-order valence-electron chi connectivity index (χ2n) is 6.20. The fourth-order valence-electron chi connectivity index (χ4n) is 4.03. The van der Waals surface area contributed by atoms with E-state index in [0.717, 1.165) is 19.3 Å². The molecule has 104 valence electrons. The number of piperidine rings is 1. The van der Waals surface area contributed by atoms with Gasteiger partial charge in [-0.25, -0.2) is 0 Å². The SMILES string of the molecule is O[C@H]1CCC[C@@](c2ccccc2)(N2CCCCC2)C1. The van der Waals surface area contributed by atoms with Gasteiger partial charge in [0.1, 0.15) is 0 Å². The minimum absolute atomic E-state index is 0.0966. The molecule has 0 spiro atoms. The molecule has 1 aromatic carbocycles. The molecular formula is C17H25NO. The molecule has 1 aliphatic carbocycles. The van der Waals surface area contributed by atoms with Crippen LogP contribution in [0.1, 0.15) is 50.5 Å². The summed E-state index contributed by atoms with van der Waals surface area (Å²) < 4.78 is 0. The molecule has 2 heteroatoms. The zero-order valence-corrected chi connectivity index (χ0v) is 11.7. The van der Waals surface area contributed by atoms with Gasteiger partial charge in [-0.3, -0.25) is 4.90 Å². The molecule has 1 aromatic rings. The molecule has 2 fully saturated rings. The molecule has 1 saturated heterocycles. The molecule has 1 N–H and O–H groups in total. The zero-order chi connectivity index (χ0) is 13.1. The van der Waals surface area contributed by atoms with Crippen LogP contribution >= 0.6 is 0 Å². The fraction of sp³-hybridized carbons (Fsp3) is 0.647. The highest BCUT2D eigenvalue weighted by atomic mass is 16.3. The normalized spacial score (nSPS) is 33.2. The van der Waals surface area contributed by atoms with Gasteiger partial charge in [0.2, 0.25) is 0 Å². The van der Waals surface area contributed by atoms with Crippen LogP contribution < -0.4 is 0 Å². The third-order valence-electron chi connectivity index (χ3n) is 4.97. The Morgan fingerprint density at radius 1 is 1.00 bits per heavy atom. The van der Waals surface area contributed by atoms with Crippen molar-refractivity contribution in [2.75, 3.05) is 13.1 Å². The minimum atomic E-state index is -0.129. The number of likely N-dealkylation sites (tertiary alicyclic amines) is 1. The molecule has 0 bridgehead atoms. The van der Waals surface area contributed by atoms with E-state index < -0.39 is 0 Å². The van der Waals surface area contributed by atoms with Crippen LogP contribution in [0.5, 0.6) is 0 Å². The Morgan fingerprint density at radius 2 is 1.74 bits per heavy atom. The molecule has 1 heterocycles. The van der Waals surface area contributed by atoms with Crippen molar-refractivity contribution in [3.05, 3.63) is 35.9 Å². The highest BCUT2D eigenvalue weighted by molar-refractivity contribution is 5.26. The fourth-order valence-corrected chi connectivity index (χ4v) is 4.03. The lowest BCUT2D eigenvalue weighted by Crippen LogP contribution is -2.52. The molecule has 0 amide bonds. The zero-order valence-electron chi connectivity index (χ0n) is 11.7. The van der Waals surface area contributed by atoms with Crippen LogP contribution in [0.4, 0.5) is 0 Å². The minimum Gasteiger partial charge on any atom is -0.393 e. The number of nitrogens with zero attached hydrogens (tertiary/aromatic N) is 1. The highest BCUT2D eigenvalue weighted by Crippen LogP contribution is 2.43. The van der Waals surface area contributed by atoms with Crippen LogP contribution in [-0.4, -0.2) is 29.2 Å². The summed E-state index contributed by atoms with van der Waals surface area (Å²) >= 11 is 0. The van der Waals surface area contributed by atoms with Crippen LogP contribution in [0.2, 0.25) is 0 Å². The van der Waals surface area contributed by atoms with Gasteiger partial charge in [0, 0.05) is 5.54 Å². The van der Waals surface area contributed by atoms with Gasteiger partial charge in [-0.15, -0.1) is 0 Å². The summed E-state index contributed by atoms with van der Waals surface area (Å²) in [5.41, 5.74) is 1.51. The van der Waals surface area contributed by atoms with E-state index in [1.54, 1.807) is 0 Å². The van der Waals surface area contributed by atoms with E-state index in [4.69, 9.17) is 0 Å². The highest BCUT2D eigenvalue weighted by Gasteiger charge is 2.42. The lowest BCUT2D eigenvalue weighted by Gasteiger charge is -2.49. The van der Waals surface area contributed by atoms with Crippen molar-refractivity contribution < 1.29 is 5.11 Å². The van der Waals surface area contributed by atoms with Crippen LogP contribution in [0, 0.1) is 0 Å². The van der Waals surface area contributed by atoms with E-state index in [0.29, 0.717) is 0 Å². The van der Waals surface area contributed by atoms with E-state index in [2.05, 4.69) is 35.2 Å². The third-order valence-corrected chi connectivity index (χ3v) is 4.97. The Kier molecular flexibility index (Phi) is 3.90. The molecule has 1 aliphatic heterocycles. The number of aliphatic hydroxyl groups is 1. The van der Waals surface area contributed by atoms with Gasteiger partial charge in [0.15, 0.2) is 0 Å². The summed E-state index contributed by atoms with van der Waals surface area (Å²) in [5.74, 6) is 0. The Balaban J connectivity index is 1.94. The van der Waals surface area contributed by atoms with Crippen molar-refractivity contribution in [2.45, 2.75) is 56.6 Å². The second kappa shape index (κ2) is 5.64. The van der Waals surface area contributed by atoms with Crippen molar-refractivity contribution in [1.29, 1.82) is 0 Å². The van der Waals surface area contributed by atoms with Gasteiger partial charge in [0.25, 0.3) is 0 Å². The van der Waals surface area contributed by atoms with Gasteiger partial charge in [-0.1, -0.05) is 36.8 Å². The molecule has 0 aromatic heterocycles. The summed E-state index contributed by atoms with van der Waals surface area (Å²) in [7, 11) is 0. The van der Waals surface area contributed by atoms with E-state index in [1.165, 1.54) is 44.3 Å². The summed E-state index contributed by atoms with van der Waals surface area (Å²) in [6.07, 6.45) is 8.09. The first kappa shape index (κ1) is 13.1. The first-order chi connectivity index (χ1) is 9.31. The lowest BCUT2D eigenvalue weighted by molar-refractivity contribution is -0.0209. The van der Waals surface area contributed by atoms with Crippen LogP contribution in [0.25, 0.3) is 0 Å². The van der Waals surface area contributed by atoms with Gasteiger partial charge in [-0.2, -0.15) is 0 Å². The topological polar surface area (TPSA) is 23.5 Å². The Hall–Kier alpha value is -0.860. The average Bonchev–Trinajstić information content (AvgIpc) is 2.49. The van der Waals surface area contributed by atoms with Gasteiger partial charge in [-0.05, 0) is 57.2 Å². The van der Waals surface area contributed by atoms with Crippen LogP contribution in [0.15, 0.2) is 30.3 Å². The quantitative estimate of drug-likeness (QED) is 0.881. The molecule has 0 radical (unpaired) electrons. The van der Waals surface area contributed by atoms with Crippen molar-refractivity contribution in [3.8, 4) is 0 Å². The first-order valence-electron chi connectivity index (χ1n) is 7.80. The molecule has 19 heavy (non-hydrogen) atoms. The van der Waals surface area contributed by atoms with E-state index in [1.807, 2.05) is 0 Å². The van der Waals surface area contributed by atoms with E-state index in [-0.39, 0.29) is 11.6 Å². The van der Waals surface area contributed by atoms with Crippen molar-refractivity contribution >= 4 is 0 Å². The lowest BCUT2D eigenvalue weighted by atomic mass is 9.73. The maximum absolute atomic E-state index is 10.2.